The van der Waals surface area contributed by atoms with Gasteiger partial charge in [0, 0.05) is 89.5 Å². The number of aliphatic hydroxyl groups is 16. The molecule has 0 aromatic carbocycles. The molecule has 1 heterocycles. The van der Waals surface area contributed by atoms with Gasteiger partial charge in [-0.25, -0.2) is 4.79 Å². The molecule has 11 amide bonds. The SMILES string of the molecule is CCC(=O)NCCN1C(=O)CC(SC[C@@H](NC(=O)[C@H](CCC(O)NC[C@H](O)[C@@H](O)[C@H](O)[C@H](O)CO)NC(=O)[C@@H](CCC(=O)O)NC(=O)[C@H](CCC(=O)NC[C@H](O)[C@@H](O)[C@H](O)[C@H](O)CO)NC(=O)[C@@H](CCCC(=O)O)NC(=O)[C@H](CCC(=O)NC[C@H](O)[C@@H](O)[C@H](O)[C@H](O)CO)NC(=O)CC[C@@H](C)N)C(=O)O)C1=O. The van der Waals surface area contributed by atoms with E-state index in [1.165, 1.54) is 6.92 Å². The van der Waals surface area contributed by atoms with Gasteiger partial charge in [-0.05, 0) is 58.3 Å². The number of carboxylic acid groups (broad SMARTS) is 3. The number of carbonyl (C=O) groups is 14. The highest BCUT2D eigenvalue weighted by atomic mass is 32.2. The van der Waals surface area contributed by atoms with Crippen LogP contribution in [0.5, 0.6) is 0 Å². The monoisotopic (exact) mass is 1570 g/mol. The van der Waals surface area contributed by atoms with Crippen molar-refractivity contribution in [3.8, 4) is 0 Å². The number of hydrogen-bond donors (Lipinski definition) is 30. The van der Waals surface area contributed by atoms with Gasteiger partial charge in [-0.15, -0.1) is 11.8 Å². The van der Waals surface area contributed by atoms with Gasteiger partial charge in [-0.3, -0.25) is 72.5 Å². The Morgan fingerprint density at radius 3 is 1.22 bits per heavy atom. The Kier molecular flexibility index (Phi) is 46.4. The van der Waals surface area contributed by atoms with Crippen LogP contribution in [0, 0.1) is 0 Å². The van der Waals surface area contributed by atoms with Gasteiger partial charge >= 0.3 is 17.9 Å². The Hall–Kier alpha value is -7.59. The van der Waals surface area contributed by atoms with Gasteiger partial charge in [0.15, 0.2) is 0 Å². The number of imide groups is 1. The van der Waals surface area contributed by atoms with Gasteiger partial charge in [-0.2, -0.15) is 0 Å². The van der Waals surface area contributed by atoms with Gasteiger partial charge in [-0.1, -0.05) is 6.92 Å². The number of likely N-dealkylation sites (tertiary alicyclic amines) is 1. The van der Waals surface area contributed by atoms with Crippen molar-refractivity contribution in [1.82, 2.24) is 58.1 Å². The molecule has 46 heteroatoms. The largest absolute Gasteiger partial charge is 0.481 e. The molecule has 1 fully saturated rings. The minimum Gasteiger partial charge on any atom is -0.481 e. The molecule has 0 aromatic rings. The summed E-state index contributed by atoms with van der Waals surface area (Å²) >= 11 is 0.613. The molecular weight excluding hydrogens is 1460 g/mol. The molecule has 614 valence electrons. The van der Waals surface area contributed by atoms with Gasteiger partial charge in [0.1, 0.15) is 97.4 Å². The van der Waals surface area contributed by atoms with E-state index >= 15 is 0 Å². The molecule has 0 aliphatic carbocycles. The molecule has 31 N–H and O–H groups in total. The van der Waals surface area contributed by atoms with Crippen LogP contribution in [-0.2, 0) is 67.1 Å². The number of rotatable bonds is 57. The molecule has 21 atom stereocenters. The smallest absolute Gasteiger partial charge is 0.327 e. The Labute approximate surface area is 616 Å². The quantitative estimate of drug-likeness (QED) is 0.0199. The molecule has 1 aliphatic rings. The summed E-state index contributed by atoms with van der Waals surface area (Å²) in [6.07, 6.45) is -35.4. The van der Waals surface area contributed by atoms with Gasteiger partial charge in [0.25, 0.3) is 0 Å². The maximum Gasteiger partial charge on any atom is 0.327 e. The summed E-state index contributed by atoms with van der Waals surface area (Å²) in [6, 6.07) is -12.6. The molecule has 0 radical (unpaired) electrons. The van der Waals surface area contributed by atoms with Crippen LogP contribution < -0.4 is 58.9 Å². The summed E-state index contributed by atoms with van der Waals surface area (Å²) in [5, 5.41) is 211. The third-order valence-corrected chi connectivity index (χ3v) is 17.7. The average Bonchev–Trinajstić information content (AvgIpc) is 1.81. The lowest BCUT2D eigenvalue weighted by Crippen LogP contribution is -2.60. The maximum atomic E-state index is 14.7. The van der Waals surface area contributed by atoms with E-state index in [0.29, 0.717) is 11.8 Å². The van der Waals surface area contributed by atoms with Crippen molar-refractivity contribution >= 4 is 94.6 Å². The molecule has 1 aliphatic heterocycles. The Morgan fingerprint density at radius 1 is 0.449 bits per heavy atom. The van der Waals surface area contributed by atoms with E-state index in [2.05, 4.69) is 53.2 Å². The van der Waals surface area contributed by atoms with Crippen molar-refractivity contribution in [3.63, 3.8) is 0 Å². The van der Waals surface area contributed by atoms with Crippen LogP contribution in [0.2, 0.25) is 0 Å². The number of thioether (sulfide) groups is 1. The number of aliphatic carboxylic acids is 3. The number of carbonyl (C=O) groups excluding carboxylic acids is 11. The number of carboxylic acids is 3. The molecule has 1 saturated heterocycles. The summed E-state index contributed by atoms with van der Waals surface area (Å²) in [6.45, 7) is -2.93. The first-order valence-electron chi connectivity index (χ1n) is 34.0. The molecule has 1 rings (SSSR count). The summed E-state index contributed by atoms with van der Waals surface area (Å²) in [5.41, 5.74) is 5.80. The summed E-state index contributed by atoms with van der Waals surface area (Å²) < 4.78 is 0. The summed E-state index contributed by atoms with van der Waals surface area (Å²) in [7, 11) is 0. The topological polar surface area (TPSA) is 773 Å². The van der Waals surface area contributed by atoms with Crippen LogP contribution in [0.4, 0.5) is 0 Å². The van der Waals surface area contributed by atoms with Crippen molar-refractivity contribution in [3.05, 3.63) is 0 Å². The fourth-order valence-corrected chi connectivity index (χ4v) is 11.0. The fraction of sp³-hybridized carbons (Fsp3) is 0.770. The highest BCUT2D eigenvalue weighted by molar-refractivity contribution is 8.00. The number of nitrogens with zero attached hydrogens (tertiary/aromatic N) is 1. The molecule has 0 spiro atoms. The van der Waals surface area contributed by atoms with E-state index in [1.807, 2.05) is 0 Å². The number of nitrogens with one attached hydrogen (secondary N) is 10. The molecule has 107 heavy (non-hydrogen) atoms. The highest BCUT2D eigenvalue weighted by Crippen LogP contribution is 2.26. The Balaban J connectivity index is 3.98. The van der Waals surface area contributed by atoms with Crippen LogP contribution >= 0.6 is 11.8 Å². The summed E-state index contributed by atoms with van der Waals surface area (Å²) in [4.78, 5) is 187. The maximum absolute atomic E-state index is 14.7. The third kappa shape index (κ3) is 36.9. The highest BCUT2D eigenvalue weighted by Gasteiger charge is 2.41. The zero-order valence-electron chi connectivity index (χ0n) is 58.7. The standard InChI is InChI=1S/C61H106N12O33S/c1-3-41(83)63-17-18-73-46(88)19-40(60(73)104)107-26-33(61(105)106)72-59(103)31(10-15-44(86)66-22-36(79)51(95)54(98)39(82)25-76)70-58(102)32(11-16-48(91)92)71-57(101)30(9-14-43(85)65-21-35(78)50(94)53(97)38(81)24-75)69-55(99)28(5-4-6-47(89)90)68-56(100)29(67-45(87)12-7-27(2)62)8-13-42(84)64-20-34(77)49(93)52(96)37(80)23-74/h27-40,44,49-54,66,74-82,86,93-98H,3-26,62H2,1-2H3,(H,63,83)(H,64,84)(H,65,85)(H,67,87)(H,68,100)(H,69,99)(H,70,102)(H,71,101)(H,72,103)(H,89,90)(H,91,92)(H,105,106)/t27-,28-,29+,30+,31+,32-,33-,34+,35+,36+,37-,38-,39-,40?,44?,49-,50-,51-,52-,53-,54-/m1/s1. The minimum atomic E-state index is -2.21. The molecule has 45 nitrogen and oxygen atoms in total. The first kappa shape index (κ1) is 97.4. The van der Waals surface area contributed by atoms with Gasteiger partial charge in [0.05, 0.1) is 43.4 Å². The van der Waals surface area contributed by atoms with E-state index in [9.17, 15) is 154 Å². The second kappa shape index (κ2) is 50.9. The van der Waals surface area contributed by atoms with E-state index in [-0.39, 0.29) is 38.3 Å². The number of hydrogen-bond acceptors (Lipinski definition) is 33. The number of amides is 11. The molecule has 0 aromatic heterocycles. The zero-order valence-corrected chi connectivity index (χ0v) is 59.6. The predicted octanol–water partition coefficient (Wildman–Crippen LogP) is -14.6. The lowest BCUT2D eigenvalue weighted by atomic mass is 10.0. The molecule has 0 saturated carbocycles. The van der Waals surface area contributed by atoms with Gasteiger partial charge in [0.2, 0.25) is 65.0 Å². The van der Waals surface area contributed by atoms with Crippen LogP contribution in [0.1, 0.15) is 110 Å². The van der Waals surface area contributed by atoms with E-state index in [4.69, 9.17) is 15.9 Å². The normalized spacial score (nSPS) is 18.7. The Morgan fingerprint density at radius 2 is 0.822 bits per heavy atom. The summed E-state index contributed by atoms with van der Waals surface area (Å²) in [5.74, 6) is -17.3. The first-order valence-corrected chi connectivity index (χ1v) is 35.1. The van der Waals surface area contributed by atoms with Crippen LogP contribution in [0.15, 0.2) is 0 Å². The van der Waals surface area contributed by atoms with Crippen molar-refractivity contribution in [2.45, 2.75) is 237 Å². The lowest BCUT2D eigenvalue weighted by Gasteiger charge is -2.28. The predicted molar refractivity (Wildman–Crippen MR) is 362 cm³/mol. The van der Waals surface area contributed by atoms with Crippen LogP contribution in [0.3, 0.4) is 0 Å². The van der Waals surface area contributed by atoms with Crippen molar-refractivity contribution < 1.29 is 164 Å². The molecule has 0 bridgehead atoms. The molecular formula is C61H106N12O33S. The van der Waals surface area contributed by atoms with Crippen molar-refractivity contribution in [2.24, 2.45) is 5.73 Å². The first-order chi connectivity index (χ1) is 50.1. The number of aliphatic hydroxyl groups excluding tert-OH is 16. The fourth-order valence-electron chi connectivity index (χ4n) is 9.79. The minimum absolute atomic E-state index is 0.0416. The average molecular weight is 1570 g/mol. The van der Waals surface area contributed by atoms with Crippen LogP contribution in [0.25, 0.3) is 0 Å². The van der Waals surface area contributed by atoms with Crippen LogP contribution in [-0.4, -0.2) is 370 Å². The molecule has 2 unspecified atom stereocenters. The van der Waals surface area contributed by atoms with E-state index < -0.39 is 326 Å². The van der Waals surface area contributed by atoms with Crippen molar-refractivity contribution in [1.29, 1.82) is 0 Å². The van der Waals surface area contributed by atoms with Gasteiger partial charge < -0.3 is 151 Å². The van der Waals surface area contributed by atoms with E-state index in [0.717, 1.165) is 4.90 Å². The third-order valence-electron chi connectivity index (χ3n) is 16.4. The second-order valence-corrected chi connectivity index (χ2v) is 26.4. The number of nitrogens with two attached hydrogens (primary N) is 1. The Bertz CT molecular complexity index is 2880. The van der Waals surface area contributed by atoms with E-state index in [1.54, 1.807) is 6.92 Å². The lowest BCUT2D eigenvalue weighted by molar-refractivity contribution is -0.142. The zero-order chi connectivity index (χ0) is 81.5. The second-order valence-electron chi connectivity index (χ2n) is 25.2. The van der Waals surface area contributed by atoms with Crippen molar-refractivity contribution in [2.75, 3.05) is 58.3 Å².